The van der Waals surface area contributed by atoms with Crippen molar-refractivity contribution in [2.75, 3.05) is 0 Å². The van der Waals surface area contributed by atoms with Gasteiger partial charge >= 0.3 is 0 Å². The van der Waals surface area contributed by atoms with Crippen LogP contribution in [-0.4, -0.2) is 12.0 Å². The Morgan fingerprint density at radius 2 is 2.27 bits per heavy atom. The molecule has 15 heavy (non-hydrogen) atoms. The van der Waals surface area contributed by atoms with Crippen molar-refractivity contribution in [3.8, 4) is 5.75 Å². The number of ether oxygens (including phenoxy) is 1. The highest BCUT2D eigenvalue weighted by molar-refractivity contribution is 6.31. The molecule has 0 bridgehead atoms. The maximum atomic E-state index is 10.8. The molecule has 0 aliphatic heterocycles. The van der Waals surface area contributed by atoms with E-state index in [0.717, 1.165) is 12.0 Å². The Labute approximate surface area is 94.2 Å². The molecule has 0 saturated carbocycles. The highest BCUT2D eigenvalue weighted by Gasteiger charge is 2.10. The Morgan fingerprint density at radius 3 is 2.80 bits per heavy atom. The van der Waals surface area contributed by atoms with Crippen molar-refractivity contribution in [1.82, 2.24) is 0 Å². The summed E-state index contributed by atoms with van der Waals surface area (Å²) in [7, 11) is 0. The molecule has 0 fully saturated rings. The fourth-order valence-electron chi connectivity index (χ4n) is 1.16. The average Bonchev–Trinajstić information content (AvgIpc) is 2.20. The van der Waals surface area contributed by atoms with Crippen LogP contribution in [0.2, 0.25) is 5.02 Å². The van der Waals surface area contributed by atoms with Gasteiger partial charge in [0.1, 0.15) is 5.75 Å². The third-order valence-corrected chi connectivity index (χ3v) is 2.48. The van der Waals surface area contributed by atoms with Gasteiger partial charge < -0.3 is 10.5 Å². The van der Waals surface area contributed by atoms with Crippen molar-refractivity contribution < 1.29 is 9.53 Å². The lowest BCUT2D eigenvalue weighted by atomic mass is 10.1. The molecule has 0 spiro atoms. The summed E-state index contributed by atoms with van der Waals surface area (Å²) in [5, 5.41) is 0.705. The molecule has 0 aromatic heterocycles. The summed E-state index contributed by atoms with van der Waals surface area (Å²) in [6.07, 6.45) is 0.192. The molecular formula is C11H14ClNO2. The minimum Gasteiger partial charge on any atom is -0.481 e. The molecule has 4 heteroatoms. The summed E-state index contributed by atoms with van der Waals surface area (Å²) < 4.78 is 5.34. The lowest BCUT2D eigenvalue weighted by Crippen LogP contribution is -2.30. The van der Waals surface area contributed by atoms with Gasteiger partial charge in [-0.3, -0.25) is 4.79 Å². The predicted octanol–water partition coefficient (Wildman–Crippen LogP) is 2.16. The van der Waals surface area contributed by atoms with Gasteiger partial charge in [-0.05, 0) is 37.1 Å². The first-order valence-electron chi connectivity index (χ1n) is 4.79. The predicted molar refractivity (Wildman–Crippen MR) is 60.1 cm³/mol. The van der Waals surface area contributed by atoms with E-state index in [1.165, 1.54) is 0 Å². The molecular weight excluding hydrogens is 214 g/mol. The van der Waals surface area contributed by atoms with Crippen molar-refractivity contribution in [1.29, 1.82) is 0 Å². The van der Waals surface area contributed by atoms with Crippen LogP contribution in [0, 0.1) is 0 Å². The second-order valence-corrected chi connectivity index (χ2v) is 3.68. The van der Waals surface area contributed by atoms with E-state index in [9.17, 15) is 4.79 Å². The van der Waals surface area contributed by atoms with Crippen molar-refractivity contribution in [3.63, 3.8) is 0 Å². The number of hydrogen-bond donors (Lipinski definition) is 1. The topological polar surface area (TPSA) is 52.3 Å². The van der Waals surface area contributed by atoms with Crippen LogP contribution in [0.3, 0.4) is 0 Å². The first-order chi connectivity index (χ1) is 7.04. The van der Waals surface area contributed by atoms with Crippen molar-refractivity contribution >= 4 is 17.5 Å². The second kappa shape index (κ2) is 5.03. The zero-order valence-corrected chi connectivity index (χ0v) is 9.54. The van der Waals surface area contributed by atoms with Gasteiger partial charge in [0, 0.05) is 5.02 Å². The van der Waals surface area contributed by atoms with Gasteiger partial charge in [-0.1, -0.05) is 18.5 Å². The molecule has 3 nitrogen and oxygen atoms in total. The summed E-state index contributed by atoms with van der Waals surface area (Å²) in [5.74, 6) is 0.130. The van der Waals surface area contributed by atoms with Crippen molar-refractivity contribution in [2.24, 2.45) is 5.73 Å². The van der Waals surface area contributed by atoms with Gasteiger partial charge in [0.2, 0.25) is 0 Å². The molecule has 2 N–H and O–H groups in total. The minimum atomic E-state index is -0.629. The highest BCUT2D eigenvalue weighted by Crippen LogP contribution is 2.23. The van der Waals surface area contributed by atoms with Gasteiger partial charge in [-0.25, -0.2) is 0 Å². The maximum Gasteiger partial charge on any atom is 0.258 e. The molecule has 1 rings (SSSR count). The van der Waals surface area contributed by atoms with E-state index >= 15 is 0 Å². The highest BCUT2D eigenvalue weighted by atomic mass is 35.5. The first kappa shape index (κ1) is 11.9. The Morgan fingerprint density at radius 1 is 1.60 bits per heavy atom. The van der Waals surface area contributed by atoms with Gasteiger partial charge in [-0.15, -0.1) is 0 Å². The molecule has 0 aliphatic rings. The van der Waals surface area contributed by atoms with E-state index in [2.05, 4.69) is 0 Å². The van der Waals surface area contributed by atoms with Crippen LogP contribution in [0.4, 0.5) is 0 Å². The summed E-state index contributed by atoms with van der Waals surface area (Å²) >= 11 is 5.95. The smallest absolute Gasteiger partial charge is 0.258 e. The second-order valence-electron chi connectivity index (χ2n) is 3.27. The molecule has 1 atom stereocenters. The monoisotopic (exact) mass is 227 g/mol. The largest absolute Gasteiger partial charge is 0.481 e. The number of rotatable bonds is 4. The number of aryl methyl sites for hydroxylation is 1. The van der Waals surface area contributed by atoms with Gasteiger partial charge in [0.05, 0.1) is 0 Å². The third kappa shape index (κ3) is 3.13. The number of hydrogen-bond acceptors (Lipinski definition) is 2. The quantitative estimate of drug-likeness (QED) is 0.857. The Kier molecular flexibility index (Phi) is 3.97. The summed E-state index contributed by atoms with van der Waals surface area (Å²) in [4.78, 5) is 10.8. The minimum absolute atomic E-state index is 0.483. The number of carbonyl (C=O) groups excluding carboxylic acids is 1. The van der Waals surface area contributed by atoms with E-state index < -0.39 is 12.0 Å². The van der Waals surface area contributed by atoms with E-state index in [4.69, 9.17) is 22.1 Å². The normalized spacial score (nSPS) is 12.2. The zero-order chi connectivity index (χ0) is 11.4. The first-order valence-corrected chi connectivity index (χ1v) is 5.16. The van der Waals surface area contributed by atoms with Gasteiger partial charge in [0.15, 0.2) is 6.10 Å². The molecule has 0 unspecified atom stereocenters. The standard InChI is InChI=1S/C11H14ClNO2/c1-3-8-6-9(4-5-10(8)12)15-7(2)11(13)14/h4-7H,3H2,1-2H3,(H2,13,14)/t7-/m0/s1. The molecule has 0 radical (unpaired) electrons. The van der Waals surface area contributed by atoms with Crippen LogP contribution in [0.25, 0.3) is 0 Å². The van der Waals surface area contributed by atoms with Gasteiger partial charge in [-0.2, -0.15) is 0 Å². The number of carbonyl (C=O) groups is 1. The fraction of sp³-hybridized carbons (Fsp3) is 0.364. The van der Waals surface area contributed by atoms with Crippen LogP contribution >= 0.6 is 11.6 Å². The molecule has 1 aromatic rings. The Hall–Kier alpha value is -1.22. The third-order valence-electron chi connectivity index (χ3n) is 2.11. The maximum absolute atomic E-state index is 10.8. The van der Waals surface area contributed by atoms with Crippen LogP contribution < -0.4 is 10.5 Å². The number of benzene rings is 1. The van der Waals surface area contributed by atoms with Crippen LogP contribution in [0.15, 0.2) is 18.2 Å². The number of nitrogens with two attached hydrogens (primary N) is 1. The lowest BCUT2D eigenvalue weighted by molar-refractivity contribution is -0.123. The van der Waals surface area contributed by atoms with Gasteiger partial charge in [0.25, 0.3) is 5.91 Å². The SMILES string of the molecule is CCc1cc(O[C@@H](C)C(N)=O)ccc1Cl. The van der Waals surface area contributed by atoms with Crippen molar-refractivity contribution in [3.05, 3.63) is 28.8 Å². The van der Waals surface area contributed by atoms with Crippen LogP contribution in [-0.2, 0) is 11.2 Å². The summed E-state index contributed by atoms with van der Waals surface area (Å²) in [6.45, 7) is 3.62. The van der Waals surface area contributed by atoms with E-state index in [0.29, 0.717) is 10.8 Å². The average molecular weight is 228 g/mol. The molecule has 1 aromatic carbocycles. The summed E-state index contributed by atoms with van der Waals surface area (Å²) in [5.41, 5.74) is 6.09. The number of halogens is 1. The molecule has 82 valence electrons. The molecule has 0 saturated heterocycles. The number of primary amides is 1. The Bertz CT molecular complexity index is 366. The van der Waals surface area contributed by atoms with Crippen LogP contribution in [0.5, 0.6) is 5.75 Å². The number of amides is 1. The summed E-state index contributed by atoms with van der Waals surface area (Å²) in [6, 6.07) is 5.30. The Balaban J connectivity index is 2.83. The molecule has 0 heterocycles. The van der Waals surface area contributed by atoms with Crippen molar-refractivity contribution in [2.45, 2.75) is 26.4 Å². The van der Waals surface area contributed by atoms with E-state index in [-0.39, 0.29) is 0 Å². The van der Waals surface area contributed by atoms with E-state index in [1.807, 2.05) is 13.0 Å². The fourth-order valence-corrected chi connectivity index (χ4v) is 1.41. The van der Waals surface area contributed by atoms with Crippen LogP contribution in [0.1, 0.15) is 19.4 Å². The lowest BCUT2D eigenvalue weighted by Gasteiger charge is -2.12. The zero-order valence-electron chi connectivity index (χ0n) is 8.79. The molecule has 1 amide bonds. The van der Waals surface area contributed by atoms with E-state index in [1.54, 1.807) is 19.1 Å². The molecule has 0 aliphatic carbocycles.